The summed E-state index contributed by atoms with van der Waals surface area (Å²) in [6, 6.07) is 7.17. The van der Waals surface area contributed by atoms with Gasteiger partial charge in [-0.2, -0.15) is 0 Å². The van der Waals surface area contributed by atoms with Gasteiger partial charge in [-0.05, 0) is 23.8 Å². The molecule has 0 fully saturated rings. The molecule has 0 saturated carbocycles. The molecule has 9 nitrogen and oxygen atoms in total. The molecule has 0 aliphatic heterocycles. The molecule has 0 amide bonds. The van der Waals surface area contributed by atoms with Crippen LogP contribution in [0, 0.1) is 0 Å². The lowest BCUT2D eigenvalue weighted by Crippen LogP contribution is -2.14. The largest absolute Gasteiger partial charge is 0.496 e. The lowest BCUT2D eigenvalue weighted by atomic mass is 10.1. The van der Waals surface area contributed by atoms with Crippen LogP contribution in [0.3, 0.4) is 0 Å². The van der Waals surface area contributed by atoms with Gasteiger partial charge < -0.3 is 18.9 Å². The van der Waals surface area contributed by atoms with Crippen LogP contribution in [0.25, 0.3) is 6.08 Å². The first-order chi connectivity index (χ1) is 14.0. The Hall–Kier alpha value is -2.76. The molecule has 0 saturated heterocycles. The van der Waals surface area contributed by atoms with Crippen LogP contribution in [0.15, 0.2) is 40.6 Å². The molecule has 2 aromatic carbocycles. The average Bonchev–Trinajstić information content (AvgIpc) is 2.70. The monoisotopic (exact) mass is 457 g/mol. The van der Waals surface area contributed by atoms with E-state index < -0.39 is 25.6 Å². The highest BCUT2D eigenvalue weighted by molar-refractivity contribution is 7.93. The zero-order chi connectivity index (χ0) is 22.5. The Balaban J connectivity index is 2.40. The second kappa shape index (κ2) is 9.37. The van der Waals surface area contributed by atoms with Crippen molar-refractivity contribution < 1.29 is 35.8 Å². The molecule has 0 aromatic heterocycles. The van der Waals surface area contributed by atoms with E-state index in [2.05, 4.69) is 0 Å². The third-order valence-corrected chi connectivity index (χ3v) is 6.32. The summed E-state index contributed by atoms with van der Waals surface area (Å²) in [5, 5.41) is 6.18. The van der Waals surface area contributed by atoms with Gasteiger partial charge in [0.1, 0.15) is 27.9 Å². The van der Waals surface area contributed by atoms with Crippen LogP contribution in [-0.2, 0) is 25.6 Å². The molecule has 2 rings (SSSR count). The van der Waals surface area contributed by atoms with Crippen LogP contribution in [0.5, 0.6) is 23.0 Å². The Morgan fingerprint density at radius 1 is 0.833 bits per heavy atom. The van der Waals surface area contributed by atoms with Crippen molar-refractivity contribution in [3.05, 3.63) is 46.9 Å². The Morgan fingerprint density at radius 2 is 1.40 bits per heavy atom. The van der Waals surface area contributed by atoms with Crippen molar-refractivity contribution in [1.82, 2.24) is 0 Å². The number of primary sulfonamides is 1. The van der Waals surface area contributed by atoms with E-state index in [4.69, 9.17) is 24.1 Å². The number of benzene rings is 2. The lowest BCUT2D eigenvalue weighted by Gasteiger charge is -2.12. The van der Waals surface area contributed by atoms with Gasteiger partial charge in [0.2, 0.25) is 10.0 Å². The van der Waals surface area contributed by atoms with Crippen LogP contribution < -0.4 is 24.1 Å². The van der Waals surface area contributed by atoms with Crippen molar-refractivity contribution in [1.29, 1.82) is 0 Å². The van der Waals surface area contributed by atoms with Crippen LogP contribution in [0.1, 0.15) is 11.1 Å². The van der Waals surface area contributed by atoms with Gasteiger partial charge in [-0.15, -0.1) is 0 Å². The minimum Gasteiger partial charge on any atom is -0.496 e. The van der Waals surface area contributed by atoms with Crippen LogP contribution in [-0.4, -0.2) is 45.3 Å². The third-order valence-electron chi connectivity index (χ3n) is 4.10. The van der Waals surface area contributed by atoms with Crippen LogP contribution in [0.4, 0.5) is 0 Å². The molecule has 30 heavy (non-hydrogen) atoms. The normalized spacial score (nSPS) is 12.0. The smallest absolute Gasteiger partial charge is 0.241 e. The molecule has 2 aromatic rings. The van der Waals surface area contributed by atoms with E-state index in [0.29, 0.717) is 22.8 Å². The molecule has 0 aliphatic rings. The second-order valence-electron chi connectivity index (χ2n) is 6.09. The van der Waals surface area contributed by atoms with Crippen molar-refractivity contribution in [3.8, 4) is 23.0 Å². The topological polar surface area (TPSA) is 131 Å². The molecule has 0 bridgehead atoms. The molecule has 164 valence electrons. The second-order valence-corrected chi connectivity index (χ2v) is 9.50. The summed E-state index contributed by atoms with van der Waals surface area (Å²) in [5.74, 6) is 0.785. The Bertz CT molecular complexity index is 1130. The minimum absolute atomic E-state index is 0.0295. The number of rotatable bonds is 9. The van der Waals surface area contributed by atoms with Gasteiger partial charge >= 0.3 is 0 Å². The fourth-order valence-corrected chi connectivity index (χ4v) is 4.51. The van der Waals surface area contributed by atoms with E-state index in [1.165, 1.54) is 52.7 Å². The molecule has 11 heteroatoms. The Kier molecular flexibility index (Phi) is 7.34. The standard InChI is InChI=1S/C19H23NO8S2/c1-25-14-10-17(27-3)15(18(11-14)28-4)7-8-29(21,22)12-13-5-6-16(26-2)19(9-13)30(20,23)24/h5-11H,12H2,1-4H3,(H2,20,23,24). The van der Waals surface area contributed by atoms with Gasteiger partial charge in [-0.1, -0.05) is 6.07 Å². The summed E-state index contributed by atoms with van der Waals surface area (Å²) in [4.78, 5) is -0.292. The Labute approximate surface area is 176 Å². The molecule has 0 aliphatic carbocycles. The molecule has 0 atom stereocenters. The van der Waals surface area contributed by atoms with E-state index in [0.717, 1.165) is 5.41 Å². The fraction of sp³-hybridized carbons (Fsp3) is 0.263. The van der Waals surface area contributed by atoms with Gasteiger partial charge in [0.15, 0.2) is 9.84 Å². The summed E-state index contributed by atoms with van der Waals surface area (Å²) < 4.78 is 69.4. The number of hydrogen-bond acceptors (Lipinski definition) is 8. The average molecular weight is 458 g/mol. The van der Waals surface area contributed by atoms with Crippen molar-refractivity contribution in [2.24, 2.45) is 5.14 Å². The van der Waals surface area contributed by atoms with E-state index >= 15 is 0 Å². The van der Waals surface area contributed by atoms with E-state index in [1.807, 2.05) is 0 Å². The van der Waals surface area contributed by atoms with Crippen molar-refractivity contribution >= 4 is 25.9 Å². The zero-order valence-corrected chi connectivity index (χ0v) is 18.5. The highest BCUT2D eigenvalue weighted by Gasteiger charge is 2.18. The summed E-state index contributed by atoms with van der Waals surface area (Å²) in [7, 11) is -2.22. The predicted molar refractivity (Wildman–Crippen MR) is 112 cm³/mol. The first kappa shape index (κ1) is 23.5. The van der Waals surface area contributed by atoms with Gasteiger partial charge in [-0.3, -0.25) is 0 Å². The summed E-state index contributed by atoms with van der Waals surface area (Å²) >= 11 is 0. The summed E-state index contributed by atoms with van der Waals surface area (Å²) in [5.41, 5.74) is 0.641. The zero-order valence-electron chi connectivity index (χ0n) is 16.9. The maximum atomic E-state index is 12.6. The minimum atomic E-state index is -4.09. The van der Waals surface area contributed by atoms with Crippen LogP contribution in [0.2, 0.25) is 0 Å². The van der Waals surface area contributed by atoms with Crippen LogP contribution >= 0.6 is 0 Å². The molecular weight excluding hydrogens is 434 g/mol. The maximum absolute atomic E-state index is 12.6. The fourth-order valence-electron chi connectivity index (χ4n) is 2.68. The molecule has 0 heterocycles. The number of sulfone groups is 1. The first-order valence-corrected chi connectivity index (χ1v) is 11.7. The quantitative estimate of drug-likeness (QED) is 0.604. The summed E-state index contributed by atoms with van der Waals surface area (Å²) in [6.45, 7) is 0. The number of hydrogen-bond donors (Lipinski definition) is 1. The predicted octanol–water partition coefficient (Wildman–Crippen LogP) is 1.95. The van der Waals surface area contributed by atoms with E-state index in [-0.39, 0.29) is 16.2 Å². The third kappa shape index (κ3) is 5.65. The van der Waals surface area contributed by atoms with E-state index in [9.17, 15) is 16.8 Å². The van der Waals surface area contributed by atoms with Gasteiger partial charge in [0, 0.05) is 17.5 Å². The molecular formula is C19H23NO8S2. The van der Waals surface area contributed by atoms with Gasteiger partial charge in [-0.25, -0.2) is 22.0 Å². The molecule has 0 spiro atoms. The maximum Gasteiger partial charge on any atom is 0.241 e. The van der Waals surface area contributed by atoms with Crippen molar-refractivity contribution in [2.75, 3.05) is 28.4 Å². The highest BCUT2D eigenvalue weighted by atomic mass is 32.2. The summed E-state index contributed by atoms with van der Waals surface area (Å²) in [6.07, 6.45) is 1.34. The molecule has 2 N–H and O–H groups in total. The SMILES string of the molecule is COc1cc(OC)c(C=CS(=O)(=O)Cc2ccc(OC)c(S(N)(=O)=O)c2)c(OC)c1. The highest BCUT2D eigenvalue weighted by Crippen LogP contribution is 2.35. The lowest BCUT2D eigenvalue weighted by molar-refractivity contribution is 0.374. The number of nitrogens with two attached hydrogens (primary N) is 1. The van der Waals surface area contributed by atoms with Crippen molar-refractivity contribution in [2.45, 2.75) is 10.6 Å². The number of ether oxygens (including phenoxy) is 4. The molecule has 0 radical (unpaired) electrons. The first-order valence-electron chi connectivity index (χ1n) is 8.45. The van der Waals surface area contributed by atoms with Crippen molar-refractivity contribution in [3.63, 3.8) is 0 Å². The number of methoxy groups -OCH3 is 4. The molecule has 0 unspecified atom stereocenters. The number of sulfonamides is 1. The Morgan fingerprint density at radius 3 is 1.87 bits per heavy atom. The van der Waals surface area contributed by atoms with Gasteiger partial charge in [0.25, 0.3) is 0 Å². The van der Waals surface area contributed by atoms with Gasteiger partial charge in [0.05, 0.1) is 39.8 Å². The van der Waals surface area contributed by atoms with E-state index in [1.54, 1.807) is 12.1 Å².